The lowest BCUT2D eigenvalue weighted by Gasteiger charge is -2.31. The molecule has 3 amide bonds. The third-order valence-corrected chi connectivity index (χ3v) is 7.46. The van der Waals surface area contributed by atoms with Gasteiger partial charge < -0.3 is 9.64 Å². The molecule has 3 rings (SSSR count). The topological polar surface area (TPSA) is 101 Å². The number of rotatable bonds is 10. The minimum absolute atomic E-state index is 0.133. The van der Waals surface area contributed by atoms with E-state index in [1.807, 2.05) is 26.0 Å². The summed E-state index contributed by atoms with van der Waals surface area (Å²) < 4.78 is 29.1. The maximum Gasteiger partial charge on any atom is 0.245 e. The summed E-state index contributed by atoms with van der Waals surface area (Å²) in [6.45, 7) is 4.61. The molecule has 9 heteroatoms. The molecular formula is C25H34N2O6S. The van der Waals surface area contributed by atoms with Gasteiger partial charge >= 0.3 is 0 Å². The molecule has 1 aliphatic carbocycles. The van der Waals surface area contributed by atoms with E-state index in [4.69, 9.17) is 4.74 Å². The van der Waals surface area contributed by atoms with Gasteiger partial charge in [0.05, 0.1) is 23.3 Å². The van der Waals surface area contributed by atoms with E-state index >= 15 is 0 Å². The molecule has 34 heavy (non-hydrogen) atoms. The van der Waals surface area contributed by atoms with Crippen LogP contribution in [0.25, 0.3) is 0 Å². The van der Waals surface area contributed by atoms with Crippen molar-refractivity contribution in [2.45, 2.75) is 50.5 Å². The van der Waals surface area contributed by atoms with Crippen molar-refractivity contribution in [1.82, 2.24) is 9.80 Å². The van der Waals surface area contributed by atoms with Crippen molar-refractivity contribution in [3.63, 3.8) is 0 Å². The van der Waals surface area contributed by atoms with Crippen molar-refractivity contribution in [3.05, 3.63) is 36.4 Å². The van der Waals surface area contributed by atoms with E-state index in [-0.39, 0.29) is 47.0 Å². The van der Waals surface area contributed by atoms with Crippen molar-refractivity contribution in [2.24, 2.45) is 17.8 Å². The predicted molar refractivity (Wildman–Crippen MR) is 128 cm³/mol. The highest BCUT2D eigenvalue weighted by Gasteiger charge is 2.51. The van der Waals surface area contributed by atoms with Crippen molar-refractivity contribution >= 4 is 27.6 Å². The van der Waals surface area contributed by atoms with E-state index < -0.39 is 15.9 Å². The summed E-state index contributed by atoms with van der Waals surface area (Å²) in [6, 6.07) is 5.48. The molecule has 1 aromatic rings. The van der Waals surface area contributed by atoms with Crippen LogP contribution in [0.5, 0.6) is 5.75 Å². The van der Waals surface area contributed by atoms with Crippen molar-refractivity contribution in [2.75, 3.05) is 26.5 Å². The third kappa shape index (κ3) is 5.87. The zero-order chi connectivity index (χ0) is 25.0. The van der Waals surface area contributed by atoms with Crippen LogP contribution < -0.4 is 4.74 Å². The highest BCUT2D eigenvalue weighted by Crippen LogP contribution is 2.37. The minimum Gasteiger partial charge on any atom is -0.493 e. The number of carbonyl (C=O) groups excluding carboxylic acids is 3. The Labute approximate surface area is 201 Å². The molecule has 8 nitrogen and oxygen atoms in total. The monoisotopic (exact) mass is 490 g/mol. The largest absolute Gasteiger partial charge is 0.493 e. The van der Waals surface area contributed by atoms with Gasteiger partial charge in [-0.05, 0) is 49.8 Å². The third-order valence-electron chi connectivity index (χ3n) is 6.35. The number of fused-ring (bicyclic) bond motifs is 1. The summed E-state index contributed by atoms with van der Waals surface area (Å²) in [5.74, 6) is -0.862. The van der Waals surface area contributed by atoms with Crippen molar-refractivity contribution in [1.29, 1.82) is 0 Å². The number of imide groups is 1. The second-order valence-electron chi connectivity index (χ2n) is 9.56. The summed E-state index contributed by atoms with van der Waals surface area (Å²) in [4.78, 5) is 42.4. The molecule has 186 valence electrons. The van der Waals surface area contributed by atoms with E-state index in [1.165, 1.54) is 17.0 Å². The van der Waals surface area contributed by atoms with Crippen molar-refractivity contribution in [3.8, 4) is 5.75 Å². The zero-order valence-electron chi connectivity index (χ0n) is 20.3. The van der Waals surface area contributed by atoms with E-state index in [9.17, 15) is 22.8 Å². The smallest absolute Gasteiger partial charge is 0.245 e. The Bertz CT molecular complexity index is 1040. The highest BCUT2D eigenvalue weighted by molar-refractivity contribution is 7.90. The van der Waals surface area contributed by atoms with Gasteiger partial charge in [0.1, 0.15) is 11.8 Å². The van der Waals surface area contributed by atoms with Crippen LogP contribution in [0.15, 0.2) is 41.3 Å². The fourth-order valence-corrected chi connectivity index (χ4v) is 5.20. The van der Waals surface area contributed by atoms with Crippen LogP contribution in [-0.4, -0.2) is 68.4 Å². The number of amides is 3. The molecule has 1 heterocycles. The number of hydrogen-bond donors (Lipinski definition) is 0. The normalized spacial score (nSPS) is 21.0. The molecule has 1 saturated heterocycles. The van der Waals surface area contributed by atoms with Crippen molar-refractivity contribution < 1.29 is 27.5 Å². The molecule has 0 bridgehead atoms. The number of hydrogen-bond acceptors (Lipinski definition) is 6. The van der Waals surface area contributed by atoms with E-state index in [0.717, 1.165) is 6.26 Å². The maximum atomic E-state index is 13.3. The second kappa shape index (κ2) is 10.7. The summed E-state index contributed by atoms with van der Waals surface area (Å²) in [6.07, 6.45) is 7.03. The van der Waals surface area contributed by atoms with Gasteiger partial charge in [-0.2, -0.15) is 0 Å². The molecule has 3 atom stereocenters. The zero-order valence-corrected chi connectivity index (χ0v) is 21.1. The number of likely N-dealkylation sites (tertiary alicyclic amines) is 1. The highest BCUT2D eigenvalue weighted by atomic mass is 32.2. The van der Waals surface area contributed by atoms with Crippen LogP contribution in [0.4, 0.5) is 0 Å². The summed E-state index contributed by atoms with van der Waals surface area (Å²) in [5.41, 5.74) is 0. The van der Waals surface area contributed by atoms with E-state index in [0.29, 0.717) is 38.0 Å². The first-order valence-corrected chi connectivity index (χ1v) is 13.6. The molecule has 0 saturated carbocycles. The molecule has 0 N–H and O–H groups in total. The van der Waals surface area contributed by atoms with Crippen LogP contribution in [0, 0.1) is 17.8 Å². The lowest BCUT2D eigenvalue weighted by atomic mass is 9.85. The Morgan fingerprint density at radius 2 is 1.76 bits per heavy atom. The van der Waals surface area contributed by atoms with Crippen LogP contribution in [0.2, 0.25) is 0 Å². The first kappa shape index (κ1) is 25.9. The molecule has 1 aromatic carbocycles. The van der Waals surface area contributed by atoms with Gasteiger partial charge in [0.15, 0.2) is 9.84 Å². The summed E-state index contributed by atoms with van der Waals surface area (Å²) >= 11 is 0. The molecule has 1 fully saturated rings. The number of carbonyl (C=O) groups is 3. The average molecular weight is 491 g/mol. The molecule has 2 aliphatic rings. The van der Waals surface area contributed by atoms with E-state index in [1.54, 1.807) is 24.1 Å². The fraction of sp³-hybridized carbons (Fsp3) is 0.560. The van der Waals surface area contributed by atoms with Gasteiger partial charge in [-0.15, -0.1) is 0 Å². The first-order chi connectivity index (χ1) is 16.0. The Hall–Kier alpha value is -2.68. The van der Waals surface area contributed by atoms with Gasteiger partial charge in [0.25, 0.3) is 0 Å². The van der Waals surface area contributed by atoms with Gasteiger partial charge in [-0.25, -0.2) is 8.42 Å². The molecule has 0 radical (unpaired) electrons. The number of ether oxygens (including phenoxy) is 1. The number of sulfone groups is 1. The van der Waals surface area contributed by atoms with Crippen LogP contribution in [-0.2, 0) is 24.2 Å². The van der Waals surface area contributed by atoms with Gasteiger partial charge in [-0.3, -0.25) is 19.3 Å². The Kier molecular flexibility index (Phi) is 8.17. The number of likely N-dealkylation sites (N-methyl/N-ethyl adjacent to an activating group) is 1. The standard InChI is InChI=1S/C25H34N2O6S/c1-17(2)15-22(27-23(28)20-11-5-6-12-21(20)24(27)29)25(30)26(3)13-8-14-33-18-9-7-10-19(16-18)34(4,31)32/h5-7,9-10,16-17,20-22H,8,11-15H2,1-4H3. The lowest BCUT2D eigenvalue weighted by molar-refractivity contribution is -0.151. The van der Waals surface area contributed by atoms with E-state index in [2.05, 4.69) is 0 Å². The molecule has 1 aliphatic heterocycles. The first-order valence-electron chi connectivity index (χ1n) is 11.7. The van der Waals surface area contributed by atoms with Gasteiger partial charge in [-0.1, -0.05) is 32.1 Å². The number of allylic oxidation sites excluding steroid dienone is 2. The van der Waals surface area contributed by atoms with Crippen LogP contribution >= 0.6 is 0 Å². The average Bonchev–Trinajstić information content (AvgIpc) is 3.04. The minimum atomic E-state index is -3.32. The lowest BCUT2D eigenvalue weighted by Crippen LogP contribution is -2.51. The summed E-state index contributed by atoms with van der Waals surface area (Å²) in [5, 5.41) is 0. The predicted octanol–water partition coefficient (Wildman–Crippen LogP) is 2.68. The quantitative estimate of drug-likeness (QED) is 0.284. The Balaban J connectivity index is 1.61. The number of benzene rings is 1. The Morgan fingerprint density at radius 1 is 1.15 bits per heavy atom. The van der Waals surface area contributed by atoms with Crippen LogP contribution in [0.3, 0.4) is 0 Å². The molecule has 0 aromatic heterocycles. The fourth-order valence-electron chi connectivity index (χ4n) is 4.55. The summed E-state index contributed by atoms with van der Waals surface area (Å²) in [7, 11) is -1.66. The maximum absolute atomic E-state index is 13.3. The van der Waals surface area contributed by atoms with Gasteiger partial charge in [0, 0.05) is 19.8 Å². The Morgan fingerprint density at radius 3 is 2.32 bits per heavy atom. The molecular weight excluding hydrogens is 456 g/mol. The molecule has 3 unspecified atom stereocenters. The molecule has 0 spiro atoms. The van der Waals surface area contributed by atoms with Crippen LogP contribution in [0.1, 0.15) is 39.5 Å². The number of nitrogens with zero attached hydrogens (tertiary/aromatic N) is 2. The van der Waals surface area contributed by atoms with Gasteiger partial charge in [0.2, 0.25) is 17.7 Å². The second-order valence-corrected chi connectivity index (χ2v) is 11.6. The SMILES string of the molecule is CC(C)CC(C(=O)N(C)CCCOc1cccc(S(C)(=O)=O)c1)N1C(=O)C2CC=CCC2C1=O.